The lowest BCUT2D eigenvalue weighted by molar-refractivity contribution is 0.0587. The molecule has 0 saturated heterocycles. The molecule has 2 rings (SSSR count). The van der Waals surface area contributed by atoms with Crippen molar-refractivity contribution in [1.82, 2.24) is 24.7 Å². The molecule has 0 bridgehead atoms. The SMILES string of the molecule is CCCNc1ncnc(-n2cnc(C(=O)OC)n2)c1C. The molecular formula is C12H16N6O2. The molecule has 8 heteroatoms. The number of hydrogen-bond acceptors (Lipinski definition) is 7. The van der Waals surface area contributed by atoms with Gasteiger partial charge in [-0.25, -0.2) is 24.4 Å². The molecular weight excluding hydrogens is 260 g/mol. The molecule has 0 radical (unpaired) electrons. The largest absolute Gasteiger partial charge is 0.463 e. The zero-order valence-electron chi connectivity index (χ0n) is 11.6. The van der Waals surface area contributed by atoms with Gasteiger partial charge < -0.3 is 10.1 Å². The zero-order chi connectivity index (χ0) is 14.5. The van der Waals surface area contributed by atoms with E-state index in [4.69, 9.17) is 0 Å². The van der Waals surface area contributed by atoms with Crippen molar-refractivity contribution in [3.63, 3.8) is 0 Å². The summed E-state index contributed by atoms with van der Waals surface area (Å²) in [6, 6.07) is 0. The monoisotopic (exact) mass is 276 g/mol. The fourth-order valence-corrected chi connectivity index (χ4v) is 1.64. The summed E-state index contributed by atoms with van der Waals surface area (Å²) in [5, 5.41) is 7.26. The van der Waals surface area contributed by atoms with Gasteiger partial charge in [0.15, 0.2) is 5.82 Å². The van der Waals surface area contributed by atoms with Crippen molar-refractivity contribution >= 4 is 11.8 Å². The van der Waals surface area contributed by atoms with E-state index in [1.165, 1.54) is 24.4 Å². The first-order valence-electron chi connectivity index (χ1n) is 6.23. The van der Waals surface area contributed by atoms with E-state index in [9.17, 15) is 4.79 Å². The second kappa shape index (κ2) is 6.09. The number of rotatable bonds is 5. The van der Waals surface area contributed by atoms with Gasteiger partial charge in [0.1, 0.15) is 18.5 Å². The van der Waals surface area contributed by atoms with Gasteiger partial charge in [0, 0.05) is 12.1 Å². The van der Waals surface area contributed by atoms with Crippen molar-refractivity contribution in [2.45, 2.75) is 20.3 Å². The number of methoxy groups -OCH3 is 1. The molecule has 106 valence electrons. The molecule has 2 aromatic heterocycles. The Hall–Kier alpha value is -2.51. The highest BCUT2D eigenvalue weighted by Crippen LogP contribution is 2.16. The predicted octanol–water partition coefficient (Wildman–Crippen LogP) is 0.974. The normalized spacial score (nSPS) is 10.3. The maximum absolute atomic E-state index is 11.3. The number of nitrogens with one attached hydrogen (secondary N) is 1. The molecule has 0 aromatic carbocycles. The van der Waals surface area contributed by atoms with Gasteiger partial charge >= 0.3 is 5.97 Å². The second-order valence-electron chi connectivity index (χ2n) is 4.10. The molecule has 0 aliphatic rings. The van der Waals surface area contributed by atoms with E-state index in [2.05, 4.69) is 37.0 Å². The highest BCUT2D eigenvalue weighted by atomic mass is 16.5. The van der Waals surface area contributed by atoms with Gasteiger partial charge in [-0.2, -0.15) is 0 Å². The lowest BCUT2D eigenvalue weighted by Crippen LogP contribution is -2.10. The molecule has 0 aliphatic carbocycles. The van der Waals surface area contributed by atoms with Crippen LogP contribution in [0.3, 0.4) is 0 Å². The predicted molar refractivity (Wildman–Crippen MR) is 71.8 cm³/mol. The summed E-state index contributed by atoms with van der Waals surface area (Å²) in [5.74, 6) is 0.724. The van der Waals surface area contributed by atoms with Gasteiger partial charge in [0.2, 0.25) is 0 Å². The second-order valence-corrected chi connectivity index (χ2v) is 4.10. The Kier molecular flexibility index (Phi) is 4.24. The van der Waals surface area contributed by atoms with Crippen molar-refractivity contribution in [3.8, 4) is 5.82 Å². The number of carbonyl (C=O) groups is 1. The third-order valence-electron chi connectivity index (χ3n) is 2.68. The van der Waals surface area contributed by atoms with Crippen molar-refractivity contribution < 1.29 is 9.53 Å². The van der Waals surface area contributed by atoms with Gasteiger partial charge in [0.25, 0.3) is 5.82 Å². The van der Waals surface area contributed by atoms with Crippen molar-refractivity contribution in [2.24, 2.45) is 0 Å². The van der Waals surface area contributed by atoms with Crippen molar-refractivity contribution in [3.05, 3.63) is 24.0 Å². The Morgan fingerprint density at radius 3 is 2.90 bits per heavy atom. The minimum atomic E-state index is -0.584. The molecule has 0 atom stereocenters. The summed E-state index contributed by atoms with van der Waals surface area (Å²) in [7, 11) is 1.28. The van der Waals surface area contributed by atoms with Crippen LogP contribution in [0.25, 0.3) is 5.82 Å². The van der Waals surface area contributed by atoms with Crippen LogP contribution in [0, 0.1) is 6.92 Å². The smallest absolute Gasteiger partial charge is 0.377 e. The fourth-order valence-electron chi connectivity index (χ4n) is 1.64. The molecule has 0 unspecified atom stereocenters. The van der Waals surface area contributed by atoms with E-state index in [-0.39, 0.29) is 5.82 Å². The molecule has 2 aromatic rings. The van der Waals surface area contributed by atoms with E-state index in [0.29, 0.717) is 5.82 Å². The summed E-state index contributed by atoms with van der Waals surface area (Å²) in [4.78, 5) is 23.6. The first kappa shape index (κ1) is 13.9. The van der Waals surface area contributed by atoms with E-state index >= 15 is 0 Å². The molecule has 8 nitrogen and oxygen atoms in total. The topological polar surface area (TPSA) is 94.8 Å². The third-order valence-corrected chi connectivity index (χ3v) is 2.68. The van der Waals surface area contributed by atoms with Crippen LogP contribution < -0.4 is 5.32 Å². The Morgan fingerprint density at radius 2 is 2.20 bits per heavy atom. The van der Waals surface area contributed by atoms with Crippen LogP contribution in [0.1, 0.15) is 29.5 Å². The van der Waals surface area contributed by atoms with Crippen LogP contribution in [0.15, 0.2) is 12.7 Å². The molecule has 0 saturated carbocycles. The average Bonchev–Trinajstić information content (AvgIpc) is 2.95. The summed E-state index contributed by atoms with van der Waals surface area (Å²) in [6.07, 6.45) is 3.86. The highest BCUT2D eigenvalue weighted by molar-refractivity contribution is 5.84. The highest BCUT2D eigenvalue weighted by Gasteiger charge is 2.15. The van der Waals surface area contributed by atoms with Crippen molar-refractivity contribution in [2.75, 3.05) is 19.0 Å². The number of nitrogens with zero attached hydrogens (tertiary/aromatic N) is 5. The fraction of sp³-hybridized carbons (Fsp3) is 0.417. The number of esters is 1. The van der Waals surface area contributed by atoms with Crippen LogP contribution >= 0.6 is 0 Å². The summed E-state index contributed by atoms with van der Waals surface area (Å²) in [6.45, 7) is 4.78. The molecule has 0 fully saturated rings. The van der Waals surface area contributed by atoms with Gasteiger partial charge in [-0.15, -0.1) is 5.10 Å². The number of aromatic nitrogens is 5. The first-order chi connectivity index (χ1) is 9.67. The summed E-state index contributed by atoms with van der Waals surface area (Å²) >= 11 is 0. The van der Waals surface area contributed by atoms with E-state index in [0.717, 1.165) is 24.3 Å². The Morgan fingerprint density at radius 1 is 1.40 bits per heavy atom. The van der Waals surface area contributed by atoms with Crippen LogP contribution in [0.2, 0.25) is 0 Å². The summed E-state index contributed by atoms with van der Waals surface area (Å²) < 4.78 is 6.00. The van der Waals surface area contributed by atoms with Gasteiger partial charge in [0.05, 0.1) is 7.11 Å². The molecule has 20 heavy (non-hydrogen) atoms. The molecule has 1 N–H and O–H groups in total. The number of anilines is 1. The van der Waals surface area contributed by atoms with Gasteiger partial charge in [-0.05, 0) is 13.3 Å². The van der Waals surface area contributed by atoms with Crippen LogP contribution in [0.5, 0.6) is 0 Å². The van der Waals surface area contributed by atoms with E-state index < -0.39 is 5.97 Å². The zero-order valence-corrected chi connectivity index (χ0v) is 11.6. The summed E-state index contributed by atoms with van der Waals surface area (Å²) in [5.41, 5.74) is 0.835. The lowest BCUT2D eigenvalue weighted by Gasteiger charge is -2.09. The lowest BCUT2D eigenvalue weighted by atomic mass is 10.3. The quantitative estimate of drug-likeness (QED) is 0.813. The molecule has 2 heterocycles. The Bertz CT molecular complexity index is 610. The third kappa shape index (κ3) is 2.73. The average molecular weight is 276 g/mol. The van der Waals surface area contributed by atoms with Crippen molar-refractivity contribution in [1.29, 1.82) is 0 Å². The van der Waals surface area contributed by atoms with E-state index in [1.807, 2.05) is 6.92 Å². The minimum Gasteiger partial charge on any atom is -0.463 e. The van der Waals surface area contributed by atoms with Gasteiger partial charge in [-0.3, -0.25) is 0 Å². The number of hydrogen-bond donors (Lipinski definition) is 1. The minimum absolute atomic E-state index is 0.00594. The van der Waals surface area contributed by atoms with Crippen LogP contribution in [0.4, 0.5) is 5.82 Å². The van der Waals surface area contributed by atoms with E-state index in [1.54, 1.807) is 0 Å². The Labute approximate surface area is 116 Å². The number of ether oxygens (including phenoxy) is 1. The maximum atomic E-state index is 11.3. The Balaban J connectivity index is 2.33. The molecule has 0 spiro atoms. The number of carbonyl (C=O) groups excluding carboxylic acids is 1. The van der Waals surface area contributed by atoms with Crippen LogP contribution in [-0.2, 0) is 4.74 Å². The maximum Gasteiger partial charge on any atom is 0.377 e. The first-order valence-corrected chi connectivity index (χ1v) is 6.23. The standard InChI is InChI=1S/C12H16N6O2/c1-4-5-13-9-8(2)11(15-6-14-9)18-7-16-10(17-18)12(19)20-3/h6-7H,4-5H2,1-3H3,(H,13,14,15). The van der Waals surface area contributed by atoms with Gasteiger partial charge in [-0.1, -0.05) is 6.92 Å². The van der Waals surface area contributed by atoms with Crippen LogP contribution in [-0.4, -0.2) is 44.4 Å². The molecule has 0 aliphatic heterocycles. The molecule has 0 amide bonds.